The van der Waals surface area contributed by atoms with E-state index in [-0.39, 0.29) is 0 Å². The quantitative estimate of drug-likeness (QED) is 0.441. The molecule has 1 aliphatic heterocycles. The maximum absolute atomic E-state index is 9.92. The normalized spacial score (nSPS) is 51.3. The second-order valence-corrected chi connectivity index (χ2v) is 5.60. The van der Waals surface area contributed by atoms with Crippen LogP contribution in [0, 0.1) is 0 Å². The number of rotatable bonds is 0. The number of hydrogen-bond acceptors (Lipinski definition) is 6. The minimum absolute atomic E-state index is 0.728. The Labute approximate surface area is 105 Å². The number of fused-ring (bicyclic) bond motifs is 1. The van der Waals surface area contributed by atoms with Gasteiger partial charge in [0.2, 0.25) is 0 Å². The zero-order chi connectivity index (χ0) is 12.9. The second-order valence-electron chi connectivity index (χ2n) is 5.60. The van der Waals surface area contributed by atoms with Gasteiger partial charge in [0.1, 0.15) is 36.6 Å². The van der Waals surface area contributed by atoms with Gasteiger partial charge in [-0.1, -0.05) is 6.42 Å². The first kappa shape index (κ1) is 12.8. The van der Waals surface area contributed by atoms with Crippen LogP contribution in [0.1, 0.15) is 32.1 Å². The smallest absolute Gasteiger partial charge is 0.169 e. The molecule has 1 heterocycles. The summed E-state index contributed by atoms with van der Waals surface area (Å²) in [7, 11) is 0. The molecule has 2 aliphatic carbocycles. The zero-order valence-electron chi connectivity index (χ0n) is 10.1. The van der Waals surface area contributed by atoms with Crippen molar-refractivity contribution in [2.24, 2.45) is 0 Å². The van der Waals surface area contributed by atoms with Gasteiger partial charge in [-0.05, 0) is 12.8 Å². The molecule has 0 aromatic carbocycles. The van der Waals surface area contributed by atoms with Gasteiger partial charge in [0.15, 0.2) is 5.79 Å². The Morgan fingerprint density at radius 2 is 1.11 bits per heavy atom. The van der Waals surface area contributed by atoms with Crippen LogP contribution >= 0.6 is 0 Å². The fourth-order valence-electron chi connectivity index (χ4n) is 3.30. The summed E-state index contributed by atoms with van der Waals surface area (Å²) in [5.74, 6) is -0.751. The van der Waals surface area contributed by atoms with Crippen LogP contribution in [0.2, 0.25) is 0 Å². The Morgan fingerprint density at radius 3 is 1.56 bits per heavy atom. The van der Waals surface area contributed by atoms with Crippen LogP contribution in [-0.4, -0.2) is 62.8 Å². The topological polar surface area (TPSA) is 99.4 Å². The van der Waals surface area contributed by atoms with Crippen molar-refractivity contribution in [2.45, 2.75) is 74.5 Å². The molecular weight excluding hydrogens is 240 g/mol. The van der Waals surface area contributed by atoms with Crippen molar-refractivity contribution in [3.63, 3.8) is 0 Å². The van der Waals surface area contributed by atoms with Crippen LogP contribution in [0.4, 0.5) is 0 Å². The Kier molecular flexibility index (Phi) is 3.12. The molecule has 3 aliphatic rings. The van der Waals surface area contributed by atoms with Crippen molar-refractivity contribution in [3.05, 3.63) is 0 Å². The van der Waals surface area contributed by atoms with Crippen molar-refractivity contribution >= 4 is 0 Å². The molecule has 6 atom stereocenters. The average Bonchev–Trinajstić information content (AvgIpc) is 2.74. The summed E-state index contributed by atoms with van der Waals surface area (Å²) in [6.07, 6.45) is -2.24. The molecule has 3 fully saturated rings. The predicted molar refractivity (Wildman–Crippen MR) is 59.6 cm³/mol. The lowest BCUT2D eigenvalue weighted by atomic mass is 9.85. The molecule has 0 aromatic heterocycles. The molecule has 3 rings (SSSR count). The third-order valence-electron chi connectivity index (χ3n) is 4.36. The molecule has 4 N–H and O–H groups in total. The maximum Gasteiger partial charge on any atom is 0.169 e. The van der Waals surface area contributed by atoms with Gasteiger partial charge in [-0.15, -0.1) is 0 Å². The molecule has 1 saturated heterocycles. The lowest BCUT2D eigenvalue weighted by Crippen LogP contribution is -2.62. The zero-order valence-corrected chi connectivity index (χ0v) is 10.1. The van der Waals surface area contributed by atoms with Crippen molar-refractivity contribution in [2.75, 3.05) is 0 Å². The first-order chi connectivity index (χ1) is 8.54. The van der Waals surface area contributed by atoms with Crippen molar-refractivity contribution < 1.29 is 29.9 Å². The van der Waals surface area contributed by atoms with Crippen LogP contribution in [-0.2, 0) is 9.47 Å². The standard InChI is InChI=1S/C12H20O6/c13-6-7(14)9(16)11-10(8(6)15)17-12(18-11)4-2-1-3-5-12/h6-11,13-16H,1-5H2. The van der Waals surface area contributed by atoms with Gasteiger partial charge in [0.05, 0.1) is 0 Å². The van der Waals surface area contributed by atoms with E-state index >= 15 is 0 Å². The molecule has 0 aromatic rings. The highest BCUT2D eigenvalue weighted by atomic mass is 16.8. The monoisotopic (exact) mass is 260 g/mol. The summed E-state index contributed by atoms with van der Waals surface area (Å²) in [6.45, 7) is 0. The Hall–Kier alpha value is -0.240. The lowest BCUT2D eigenvalue weighted by Gasteiger charge is -2.38. The van der Waals surface area contributed by atoms with E-state index in [1.807, 2.05) is 0 Å². The van der Waals surface area contributed by atoms with Crippen LogP contribution in [0.3, 0.4) is 0 Å². The molecule has 1 spiro atoms. The third kappa shape index (κ3) is 1.79. The van der Waals surface area contributed by atoms with E-state index in [9.17, 15) is 20.4 Å². The Balaban J connectivity index is 1.82. The van der Waals surface area contributed by atoms with E-state index in [1.165, 1.54) is 0 Å². The second kappa shape index (κ2) is 4.40. The summed E-state index contributed by atoms with van der Waals surface area (Å²) in [5, 5.41) is 39.2. The minimum atomic E-state index is -1.40. The Bertz CT molecular complexity index is 292. The molecule has 2 saturated carbocycles. The van der Waals surface area contributed by atoms with Crippen molar-refractivity contribution in [1.29, 1.82) is 0 Å². The summed E-state index contributed by atoms with van der Waals surface area (Å²) in [6, 6.07) is 0. The van der Waals surface area contributed by atoms with Crippen LogP contribution in [0.25, 0.3) is 0 Å². The van der Waals surface area contributed by atoms with E-state index in [4.69, 9.17) is 9.47 Å². The van der Waals surface area contributed by atoms with Gasteiger partial charge >= 0.3 is 0 Å². The van der Waals surface area contributed by atoms with Crippen LogP contribution in [0.5, 0.6) is 0 Å². The van der Waals surface area contributed by atoms with Gasteiger partial charge in [-0.25, -0.2) is 0 Å². The van der Waals surface area contributed by atoms with Gasteiger partial charge in [0, 0.05) is 12.8 Å². The molecule has 6 nitrogen and oxygen atoms in total. The van der Waals surface area contributed by atoms with Crippen molar-refractivity contribution in [3.8, 4) is 0 Å². The van der Waals surface area contributed by atoms with Gasteiger partial charge in [-0.2, -0.15) is 0 Å². The summed E-state index contributed by atoms with van der Waals surface area (Å²) in [5.41, 5.74) is 0. The fourth-order valence-corrected chi connectivity index (χ4v) is 3.30. The van der Waals surface area contributed by atoms with E-state index in [0.717, 1.165) is 32.1 Å². The highest BCUT2D eigenvalue weighted by Gasteiger charge is 2.59. The molecule has 0 amide bonds. The molecule has 0 radical (unpaired) electrons. The number of ether oxygens (including phenoxy) is 2. The van der Waals surface area contributed by atoms with E-state index < -0.39 is 42.4 Å². The van der Waals surface area contributed by atoms with Gasteiger partial charge in [0.25, 0.3) is 0 Å². The third-order valence-corrected chi connectivity index (χ3v) is 4.36. The number of hydrogen-bond donors (Lipinski definition) is 4. The van der Waals surface area contributed by atoms with E-state index in [2.05, 4.69) is 0 Å². The van der Waals surface area contributed by atoms with Crippen molar-refractivity contribution in [1.82, 2.24) is 0 Å². The summed E-state index contributed by atoms with van der Waals surface area (Å²) >= 11 is 0. The predicted octanol–water partition coefficient (Wildman–Crippen LogP) is -1.11. The fraction of sp³-hybridized carbons (Fsp3) is 1.00. The minimum Gasteiger partial charge on any atom is -0.387 e. The first-order valence-electron chi connectivity index (χ1n) is 6.62. The first-order valence-corrected chi connectivity index (χ1v) is 6.62. The van der Waals surface area contributed by atoms with Crippen LogP contribution < -0.4 is 0 Å². The Morgan fingerprint density at radius 1 is 0.667 bits per heavy atom. The molecule has 6 unspecified atom stereocenters. The highest BCUT2D eigenvalue weighted by Crippen LogP contribution is 2.44. The van der Waals surface area contributed by atoms with Gasteiger partial charge in [-0.3, -0.25) is 0 Å². The van der Waals surface area contributed by atoms with E-state index in [0.29, 0.717) is 0 Å². The lowest BCUT2D eigenvalue weighted by molar-refractivity contribution is -0.203. The average molecular weight is 260 g/mol. The number of aliphatic hydroxyl groups is 4. The summed E-state index contributed by atoms with van der Waals surface area (Å²) in [4.78, 5) is 0. The maximum atomic E-state index is 9.92. The highest BCUT2D eigenvalue weighted by molar-refractivity contribution is 5.04. The SMILES string of the molecule is OC1C(O)C(O)C2OC3(CCCCC3)OC2C1O. The largest absolute Gasteiger partial charge is 0.387 e. The molecule has 6 heteroatoms. The molecule has 18 heavy (non-hydrogen) atoms. The molecule has 104 valence electrons. The molecule has 0 bridgehead atoms. The van der Waals surface area contributed by atoms with Crippen LogP contribution in [0.15, 0.2) is 0 Å². The summed E-state index contributed by atoms with van der Waals surface area (Å²) < 4.78 is 11.6. The molecular formula is C12H20O6. The van der Waals surface area contributed by atoms with Gasteiger partial charge < -0.3 is 29.9 Å². The number of aliphatic hydroxyl groups excluding tert-OH is 4. The van der Waals surface area contributed by atoms with E-state index in [1.54, 1.807) is 0 Å².